The van der Waals surface area contributed by atoms with Gasteiger partial charge in [-0.2, -0.15) is 0 Å². The maximum atomic E-state index is 13.8. The van der Waals surface area contributed by atoms with Gasteiger partial charge in [0.15, 0.2) is 6.61 Å². The molecule has 3 aromatic rings. The molecule has 2 amide bonds. The lowest BCUT2D eigenvalue weighted by Crippen LogP contribution is -2.53. The van der Waals surface area contributed by atoms with Crippen molar-refractivity contribution in [3.63, 3.8) is 0 Å². The van der Waals surface area contributed by atoms with Crippen LogP contribution in [0, 0.1) is 0 Å². The van der Waals surface area contributed by atoms with E-state index in [0.717, 1.165) is 35.7 Å². The second kappa shape index (κ2) is 14.4. The summed E-state index contributed by atoms with van der Waals surface area (Å²) >= 11 is 22.3. The van der Waals surface area contributed by atoms with Crippen molar-refractivity contribution >= 4 is 62.5 Å². The summed E-state index contributed by atoms with van der Waals surface area (Å²) in [6, 6.07) is 19.3. The number of nitrogens with one attached hydrogen (secondary N) is 1. The molecule has 0 unspecified atom stereocenters. The number of hydrogen-bond acceptors (Lipinski definition) is 3. The zero-order valence-corrected chi connectivity index (χ0v) is 25.2. The van der Waals surface area contributed by atoms with Gasteiger partial charge in [-0.1, -0.05) is 106 Å². The van der Waals surface area contributed by atoms with Crippen LogP contribution in [-0.4, -0.2) is 35.4 Å². The molecule has 0 heterocycles. The SMILES string of the molecule is O=C(NC1CCCCC1)[C@@H](Cc1ccccc1)N(Cc1ccc(Cl)cc1Cl)C(=O)COc1ccc(Br)cc1Cl. The van der Waals surface area contributed by atoms with Gasteiger partial charge in [0.05, 0.1) is 5.02 Å². The first-order valence-corrected chi connectivity index (χ1v) is 14.9. The van der Waals surface area contributed by atoms with Crippen molar-refractivity contribution in [3.8, 4) is 5.75 Å². The Balaban J connectivity index is 1.64. The summed E-state index contributed by atoms with van der Waals surface area (Å²) < 4.78 is 6.62. The van der Waals surface area contributed by atoms with Crippen molar-refractivity contribution in [2.24, 2.45) is 0 Å². The molecule has 0 aliphatic heterocycles. The van der Waals surface area contributed by atoms with Gasteiger partial charge in [0, 0.05) is 33.5 Å². The molecule has 1 N–H and O–H groups in total. The second-order valence-corrected chi connectivity index (χ2v) is 11.8. The number of carbonyl (C=O) groups is 2. The Morgan fingerprint density at radius 1 is 0.949 bits per heavy atom. The Morgan fingerprint density at radius 3 is 2.38 bits per heavy atom. The van der Waals surface area contributed by atoms with Crippen LogP contribution >= 0.6 is 50.7 Å². The Morgan fingerprint density at radius 2 is 1.69 bits per heavy atom. The van der Waals surface area contributed by atoms with E-state index in [2.05, 4.69) is 21.2 Å². The Labute approximate surface area is 252 Å². The molecular weight excluding hydrogens is 623 g/mol. The number of halogens is 4. The number of carbonyl (C=O) groups excluding carboxylic acids is 2. The molecule has 5 nitrogen and oxygen atoms in total. The topological polar surface area (TPSA) is 58.6 Å². The molecule has 0 aromatic heterocycles. The van der Waals surface area contributed by atoms with Crippen LogP contribution in [0.3, 0.4) is 0 Å². The van der Waals surface area contributed by atoms with Crippen molar-refractivity contribution in [1.82, 2.24) is 10.2 Å². The summed E-state index contributed by atoms with van der Waals surface area (Å²) in [5.74, 6) is -0.172. The average molecular weight is 653 g/mol. The zero-order valence-electron chi connectivity index (χ0n) is 21.3. The summed E-state index contributed by atoms with van der Waals surface area (Å²) in [6.07, 6.45) is 5.56. The number of amides is 2. The van der Waals surface area contributed by atoms with Gasteiger partial charge < -0.3 is 15.0 Å². The fourth-order valence-corrected chi connectivity index (χ4v) is 5.94. The van der Waals surface area contributed by atoms with Crippen LogP contribution in [0.2, 0.25) is 15.1 Å². The van der Waals surface area contributed by atoms with E-state index in [1.807, 2.05) is 30.3 Å². The van der Waals surface area contributed by atoms with E-state index in [9.17, 15) is 9.59 Å². The molecular formula is C30H30BrCl3N2O3. The van der Waals surface area contributed by atoms with Crippen LogP contribution in [0.25, 0.3) is 0 Å². The number of hydrogen-bond donors (Lipinski definition) is 1. The summed E-state index contributed by atoms with van der Waals surface area (Å²) in [7, 11) is 0. The third-order valence-corrected chi connectivity index (χ3v) is 8.20. The smallest absolute Gasteiger partial charge is 0.261 e. The highest BCUT2D eigenvalue weighted by Gasteiger charge is 2.32. The first kappa shape index (κ1) is 29.7. The predicted molar refractivity (Wildman–Crippen MR) is 161 cm³/mol. The highest BCUT2D eigenvalue weighted by Crippen LogP contribution is 2.29. The van der Waals surface area contributed by atoms with Crippen LogP contribution in [0.4, 0.5) is 0 Å². The lowest BCUT2D eigenvalue weighted by molar-refractivity contribution is -0.143. The molecule has 1 aliphatic rings. The quantitative estimate of drug-likeness (QED) is 0.243. The van der Waals surface area contributed by atoms with Gasteiger partial charge >= 0.3 is 0 Å². The molecule has 4 rings (SSSR count). The molecule has 39 heavy (non-hydrogen) atoms. The van der Waals surface area contributed by atoms with Crippen molar-refractivity contribution in [2.45, 2.75) is 57.2 Å². The van der Waals surface area contributed by atoms with Gasteiger partial charge in [-0.3, -0.25) is 9.59 Å². The summed E-state index contributed by atoms with van der Waals surface area (Å²) in [5, 5.41) is 4.51. The summed E-state index contributed by atoms with van der Waals surface area (Å²) in [6.45, 7) is -0.184. The molecule has 1 fully saturated rings. The summed E-state index contributed by atoms with van der Waals surface area (Å²) in [4.78, 5) is 29.2. The highest BCUT2D eigenvalue weighted by atomic mass is 79.9. The molecule has 0 spiro atoms. The molecule has 1 aliphatic carbocycles. The van der Waals surface area contributed by atoms with E-state index >= 15 is 0 Å². The van der Waals surface area contributed by atoms with Gasteiger partial charge in [-0.05, 0) is 54.3 Å². The minimum Gasteiger partial charge on any atom is -0.482 e. The van der Waals surface area contributed by atoms with Gasteiger partial charge in [-0.15, -0.1) is 0 Å². The third-order valence-electron chi connectivity index (χ3n) is 6.82. The number of ether oxygens (including phenoxy) is 1. The van der Waals surface area contributed by atoms with E-state index < -0.39 is 6.04 Å². The highest BCUT2D eigenvalue weighted by molar-refractivity contribution is 9.10. The van der Waals surface area contributed by atoms with E-state index in [1.54, 1.807) is 41.3 Å². The lowest BCUT2D eigenvalue weighted by Gasteiger charge is -2.33. The van der Waals surface area contributed by atoms with Crippen LogP contribution < -0.4 is 10.1 Å². The molecule has 9 heteroatoms. The normalized spacial score (nSPS) is 14.5. The van der Waals surface area contributed by atoms with Crippen LogP contribution in [0.5, 0.6) is 5.75 Å². The predicted octanol–water partition coefficient (Wildman–Crippen LogP) is 7.88. The van der Waals surface area contributed by atoms with Gasteiger partial charge in [0.2, 0.25) is 5.91 Å². The maximum absolute atomic E-state index is 13.8. The molecule has 1 saturated carbocycles. The van der Waals surface area contributed by atoms with E-state index in [0.29, 0.717) is 32.8 Å². The Bertz CT molecular complexity index is 1290. The second-order valence-electron chi connectivity index (χ2n) is 9.67. The van der Waals surface area contributed by atoms with Crippen LogP contribution in [-0.2, 0) is 22.6 Å². The first-order valence-electron chi connectivity index (χ1n) is 13.0. The number of rotatable bonds is 10. The number of benzene rings is 3. The monoisotopic (exact) mass is 650 g/mol. The molecule has 0 bridgehead atoms. The minimum absolute atomic E-state index is 0.0958. The van der Waals surface area contributed by atoms with Gasteiger partial charge in [0.1, 0.15) is 11.8 Å². The molecule has 206 valence electrons. The number of nitrogens with zero attached hydrogens (tertiary/aromatic N) is 1. The minimum atomic E-state index is -0.780. The van der Waals surface area contributed by atoms with E-state index in [-0.39, 0.29) is 31.0 Å². The third kappa shape index (κ3) is 8.62. The fourth-order valence-electron chi connectivity index (χ4n) is 4.75. The largest absolute Gasteiger partial charge is 0.482 e. The fraction of sp³-hybridized carbons (Fsp3) is 0.333. The van der Waals surface area contributed by atoms with Crippen molar-refractivity contribution in [3.05, 3.63) is 97.4 Å². The first-order chi connectivity index (χ1) is 18.8. The Kier molecular flexibility index (Phi) is 11.0. The molecule has 0 saturated heterocycles. The molecule has 0 radical (unpaired) electrons. The lowest BCUT2D eigenvalue weighted by atomic mass is 9.94. The van der Waals surface area contributed by atoms with E-state index in [4.69, 9.17) is 39.5 Å². The maximum Gasteiger partial charge on any atom is 0.261 e. The van der Waals surface area contributed by atoms with Crippen molar-refractivity contribution < 1.29 is 14.3 Å². The standard InChI is InChI=1S/C30H30BrCl3N2O3/c31-22-12-14-28(26(34)16-22)39-19-29(37)36(18-21-11-13-23(32)17-25(21)33)27(15-20-7-3-1-4-8-20)30(38)35-24-9-5-2-6-10-24/h1,3-4,7-8,11-14,16-17,24,27H,2,5-6,9-10,15,18-19H2,(H,35,38)/t27-/m1/s1. The Hall–Kier alpha value is -2.25. The molecule has 3 aromatic carbocycles. The average Bonchev–Trinajstić information content (AvgIpc) is 2.92. The van der Waals surface area contributed by atoms with Gasteiger partial charge in [-0.25, -0.2) is 0 Å². The van der Waals surface area contributed by atoms with E-state index in [1.165, 1.54) is 6.42 Å². The zero-order chi connectivity index (χ0) is 27.8. The van der Waals surface area contributed by atoms with Crippen molar-refractivity contribution in [1.29, 1.82) is 0 Å². The summed E-state index contributed by atoms with van der Waals surface area (Å²) in [5.41, 5.74) is 1.62. The van der Waals surface area contributed by atoms with Gasteiger partial charge in [0.25, 0.3) is 5.91 Å². The van der Waals surface area contributed by atoms with Crippen LogP contribution in [0.1, 0.15) is 43.2 Å². The van der Waals surface area contributed by atoms with Crippen LogP contribution in [0.15, 0.2) is 71.2 Å². The molecule has 1 atom stereocenters. The van der Waals surface area contributed by atoms with Crippen molar-refractivity contribution in [2.75, 3.05) is 6.61 Å².